The quantitative estimate of drug-likeness (QED) is 0.538. The first-order valence-electron chi connectivity index (χ1n) is 4.33. The normalized spacial score (nSPS) is 22.2. The standard InChI is InChI=1S/C8H15O3P/c9-7(8(10)11-12)6-4-2-1-3-5-6/h6,8,10H,1-5,12H2. The van der Waals surface area contributed by atoms with Crippen molar-refractivity contribution in [2.75, 3.05) is 0 Å². The van der Waals surface area contributed by atoms with Crippen LogP contribution >= 0.6 is 9.47 Å². The van der Waals surface area contributed by atoms with E-state index >= 15 is 0 Å². The average molecular weight is 190 g/mol. The minimum Gasteiger partial charge on any atom is -0.362 e. The lowest BCUT2D eigenvalue weighted by Gasteiger charge is -2.21. The molecule has 2 atom stereocenters. The molecule has 2 unspecified atom stereocenters. The predicted molar refractivity (Wildman–Crippen MR) is 48.4 cm³/mol. The van der Waals surface area contributed by atoms with E-state index in [0.717, 1.165) is 25.7 Å². The van der Waals surface area contributed by atoms with Gasteiger partial charge in [-0.25, -0.2) is 0 Å². The van der Waals surface area contributed by atoms with Crippen LogP contribution in [0.25, 0.3) is 0 Å². The molecule has 1 saturated carbocycles. The molecule has 3 nitrogen and oxygen atoms in total. The van der Waals surface area contributed by atoms with Crippen LogP contribution in [0.15, 0.2) is 0 Å². The maximum Gasteiger partial charge on any atom is 0.218 e. The predicted octanol–water partition coefficient (Wildman–Crippen LogP) is 1.26. The summed E-state index contributed by atoms with van der Waals surface area (Å²) in [6.07, 6.45) is 3.98. The molecule has 0 saturated heterocycles. The van der Waals surface area contributed by atoms with Crippen molar-refractivity contribution in [3.05, 3.63) is 0 Å². The molecule has 0 radical (unpaired) electrons. The molecule has 0 aromatic carbocycles. The molecule has 1 rings (SSSR count). The Bertz CT molecular complexity index is 154. The van der Waals surface area contributed by atoms with Crippen LogP contribution in [0, 0.1) is 5.92 Å². The van der Waals surface area contributed by atoms with E-state index in [1.54, 1.807) is 0 Å². The van der Waals surface area contributed by atoms with Crippen molar-refractivity contribution in [2.45, 2.75) is 38.4 Å². The molecule has 1 aliphatic rings. The van der Waals surface area contributed by atoms with Crippen molar-refractivity contribution >= 4 is 15.2 Å². The van der Waals surface area contributed by atoms with Crippen LogP contribution in [0.1, 0.15) is 32.1 Å². The van der Waals surface area contributed by atoms with Crippen LogP contribution in [0.2, 0.25) is 0 Å². The molecule has 0 spiro atoms. The van der Waals surface area contributed by atoms with E-state index in [-0.39, 0.29) is 11.7 Å². The average Bonchev–Trinajstić information content (AvgIpc) is 2.17. The molecular formula is C8H15O3P. The Kier molecular flexibility index (Phi) is 4.13. The minimum absolute atomic E-state index is 0.0225. The van der Waals surface area contributed by atoms with Crippen molar-refractivity contribution in [3.8, 4) is 0 Å². The van der Waals surface area contributed by atoms with Gasteiger partial charge in [0.2, 0.25) is 6.29 Å². The second kappa shape index (κ2) is 4.90. The summed E-state index contributed by atoms with van der Waals surface area (Å²) >= 11 is 0. The Labute approximate surface area is 74.8 Å². The minimum atomic E-state index is -1.24. The van der Waals surface area contributed by atoms with E-state index in [9.17, 15) is 4.79 Å². The van der Waals surface area contributed by atoms with Crippen LogP contribution in [0.4, 0.5) is 0 Å². The number of carbonyl (C=O) groups is 1. The SMILES string of the molecule is O=C(C1CCCCC1)C(O)OP. The van der Waals surface area contributed by atoms with Crippen molar-refractivity contribution < 1.29 is 14.4 Å². The molecular weight excluding hydrogens is 175 g/mol. The lowest BCUT2D eigenvalue weighted by atomic mass is 9.86. The van der Waals surface area contributed by atoms with Gasteiger partial charge in [-0.3, -0.25) is 4.79 Å². The summed E-state index contributed by atoms with van der Waals surface area (Å²) in [4.78, 5) is 11.3. The summed E-state index contributed by atoms with van der Waals surface area (Å²) in [5.74, 6) is -0.140. The van der Waals surface area contributed by atoms with Crippen molar-refractivity contribution in [2.24, 2.45) is 5.92 Å². The Morgan fingerprint density at radius 3 is 2.50 bits per heavy atom. The zero-order valence-corrected chi connectivity index (χ0v) is 8.19. The van der Waals surface area contributed by atoms with Gasteiger partial charge in [0.1, 0.15) is 0 Å². The summed E-state index contributed by atoms with van der Waals surface area (Å²) in [7, 11) is 1.91. The lowest BCUT2D eigenvalue weighted by Crippen LogP contribution is -2.29. The van der Waals surface area contributed by atoms with Crippen LogP contribution < -0.4 is 0 Å². The van der Waals surface area contributed by atoms with Gasteiger partial charge in [0, 0.05) is 15.4 Å². The smallest absolute Gasteiger partial charge is 0.218 e. The van der Waals surface area contributed by atoms with Crippen LogP contribution in [0.3, 0.4) is 0 Å². The number of aliphatic hydroxyl groups is 1. The molecule has 4 heteroatoms. The molecule has 0 aromatic rings. The summed E-state index contributed by atoms with van der Waals surface area (Å²) in [5, 5.41) is 9.09. The topological polar surface area (TPSA) is 46.5 Å². The number of ketones is 1. The zero-order valence-electron chi connectivity index (χ0n) is 7.03. The molecule has 0 amide bonds. The van der Waals surface area contributed by atoms with Gasteiger partial charge >= 0.3 is 0 Å². The highest BCUT2D eigenvalue weighted by molar-refractivity contribution is 7.09. The van der Waals surface area contributed by atoms with E-state index in [0.29, 0.717) is 0 Å². The number of Topliss-reactive ketones (excluding diaryl/α,β-unsaturated/α-hetero) is 1. The van der Waals surface area contributed by atoms with Gasteiger partial charge in [-0.2, -0.15) is 0 Å². The van der Waals surface area contributed by atoms with E-state index in [4.69, 9.17) is 5.11 Å². The first-order valence-corrected chi connectivity index (χ1v) is 4.80. The number of aliphatic hydroxyl groups excluding tert-OH is 1. The maximum absolute atomic E-state index is 11.3. The van der Waals surface area contributed by atoms with Gasteiger partial charge in [-0.05, 0) is 12.8 Å². The number of rotatable bonds is 3. The molecule has 0 aromatic heterocycles. The second-order valence-electron chi connectivity index (χ2n) is 3.23. The van der Waals surface area contributed by atoms with Crippen molar-refractivity contribution in [1.82, 2.24) is 0 Å². The van der Waals surface area contributed by atoms with Gasteiger partial charge in [0.05, 0.1) is 0 Å². The fraction of sp³-hybridized carbons (Fsp3) is 0.875. The lowest BCUT2D eigenvalue weighted by molar-refractivity contribution is -0.145. The molecule has 0 aliphatic heterocycles. The van der Waals surface area contributed by atoms with Gasteiger partial charge in [-0.15, -0.1) is 0 Å². The van der Waals surface area contributed by atoms with Crippen LogP contribution in [-0.2, 0) is 9.32 Å². The zero-order chi connectivity index (χ0) is 8.97. The third-order valence-corrected chi connectivity index (χ3v) is 2.64. The Balaban J connectivity index is 2.39. The van der Waals surface area contributed by atoms with Crippen LogP contribution in [0.5, 0.6) is 0 Å². The number of hydrogen-bond acceptors (Lipinski definition) is 3. The highest BCUT2D eigenvalue weighted by Gasteiger charge is 2.26. The highest BCUT2D eigenvalue weighted by atomic mass is 31.0. The maximum atomic E-state index is 11.3. The summed E-state index contributed by atoms with van der Waals surface area (Å²) in [6.45, 7) is 0. The van der Waals surface area contributed by atoms with E-state index in [1.807, 2.05) is 9.47 Å². The molecule has 1 aliphatic carbocycles. The molecule has 70 valence electrons. The highest BCUT2D eigenvalue weighted by Crippen LogP contribution is 2.25. The number of carbonyl (C=O) groups excluding carboxylic acids is 1. The summed E-state index contributed by atoms with van der Waals surface area (Å²) < 4.78 is 4.49. The fourth-order valence-electron chi connectivity index (χ4n) is 1.66. The largest absolute Gasteiger partial charge is 0.362 e. The Hall–Kier alpha value is 0.0200. The second-order valence-corrected chi connectivity index (χ2v) is 3.50. The monoisotopic (exact) mass is 190 g/mol. The molecule has 1 N–H and O–H groups in total. The van der Waals surface area contributed by atoms with Crippen molar-refractivity contribution in [1.29, 1.82) is 0 Å². The third-order valence-electron chi connectivity index (χ3n) is 2.38. The van der Waals surface area contributed by atoms with Gasteiger partial charge in [-0.1, -0.05) is 19.3 Å². The summed E-state index contributed by atoms with van der Waals surface area (Å²) in [5.41, 5.74) is 0. The van der Waals surface area contributed by atoms with Crippen LogP contribution in [-0.4, -0.2) is 17.2 Å². The van der Waals surface area contributed by atoms with Gasteiger partial charge < -0.3 is 9.63 Å². The molecule has 0 heterocycles. The molecule has 1 fully saturated rings. The van der Waals surface area contributed by atoms with E-state index in [1.165, 1.54) is 6.42 Å². The first kappa shape index (κ1) is 10.1. The molecule has 12 heavy (non-hydrogen) atoms. The van der Waals surface area contributed by atoms with E-state index < -0.39 is 6.29 Å². The summed E-state index contributed by atoms with van der Waals surface area (Å²) in [6, 6.07) is 0. The third kappa shape index (κ3) is 2.51. The molecule has 0 bridgehead atoms. The van der Waals surface area contributed by atoms with E-state index in [2.05, 4.69) is 4.52 Å². The Morgan fingerprint density at radius 1 is 1.42 bits per heavy atom. The van der Waals surface area contributed by atoms with Gasteiger partial charge in [0.25, 0.3) is 0 Å². The first-order chi connectivity index (χ1) is 5.75. The Morgan fingerprint density at radius 2 is 2.00 bits per heavy atom. The number of hydrogen-bond donors (Lipinski definition) is 1. The fourth-order valence-corrected chi connectivity index (χ4v) is 1.79. The van der Waals surface area contributed by atoms with Crippen molar-refractivity contribution in [3.63, 3.8) is 0 Å². The van der Waals surface area contributed by atoms with Gasteiger partial charge in [0.15, 0.2) is 5.78 Å².